The van der Waals surface area contributed by atoms with Crippen LogP contribution in [-0.2, 0) is 0 Å². The molecule has 0 bridgehead atoms. The molecule has 5 nitrogen and oxygen atoms in total. The molecule has 0 saturated carbocycles. The number of nitrogens with zero attached hydrogens (tertiary/aromatic N) is 3. The Balaban J connectivity index is 2.00. The Morgan fingerprint density at radius 3 is 3.00 bits per heavy atom. The van der Waals surface area contributed by atoms with Crippen molar-refractivity contribution in [1.82, 2.24) is 9.97 Å². The van der Waals surface area contributed by atoms with E-state index in [2.05, 4.69) is 35.9 Å². The molecule has 1 aliphatic heterocycles. The van der Waals surface area contributed by atoms with Gasteiger partial charge < -0.3 is 10.7 Å². The second-order valence-electron chi connectivity index (χ2n) is 4.71. The number of nitrogens with one attached hydrogen (secondary N) is 1. The van der Waals surface area contributed by atoms with E-state index in [1.54, 1.807) is 6.20 Å². The second kappa shape index (κ2) is 5.57. The first kappa shape index (κ1) is 14.8. The topological polar surface area (TPSA) is 79.4 Å². The van der Waals surface area contributed by atoms with Crippen molar-refractivity contribution in [2.45, 2.75) is 19.0 Å². The molecular weight excluding hydrogens is 374 g/mol. The summed E-state index contributed by atoms with van der Waals surface area (Å²) in [7, 11) is 0. The lowest BCUT2D eigenvalue weighted by Crippen LogP contribution is -2.36. The zero-order chi connectivity index (χ0) is 15.1. The minimum atomic E-state index is -0.620. The summed E-state index contributed by atoms with van der Waals surface area (Å²) >= 11 is 14.6. The van der Waals surface area contributed by atoms with E-state index >= 15 is 0 Å². The third-order valence-electron chi connectivity index (χ3n) is 3.32. The van der Waals surface area contributed by atoms with Crippen LogP contribution in [0.15, 0.2) is 32.9 Å². The predicted molar refractivity (Wildman–Crippen MR) is 93.5 cm³/mol. The summed E-state index contributed by atoms with van der Waals surface area (Å²) in [6.45, 7) is 1.96. The van der Waals surface area contributed by atoms with Crippen LogP contribution in [0.25, 0.3) is 10.9 Å². The first-order valence-corrected chi connectivity index (χ1v) is 7.79. The second-order valence-corrected chi connectivity index (χ2v) is 6.36. The van der Waals surface area contributed by atoms with Crippen molar-refractivity contribution in [2.24, 2.45) is 15.7 Å². The molecule has 2 atom stereocenters. The molecule has 0 fully saturated rings. The predicted octanol–water partition coefficient (Wildman–Crippen LogP) is 3.13. The summed E-state index contributed by atoms with van der Waals surface area (Å²) in [4.78, 5) is 16.5. The van der Waals surface area contributed by atoms with Gasteiger partial charge in [-0.3, -0.25) is 4.98 Å². The third-order valence-corrected chi connectivity index (χ3v) is 4.81. The van der Waals surface area contributed by atoms with E-state index in [0.717, 1.165) is 21.1 Å². The summed E-state index contributed by atoms with van der Waals surface area (Å²) in [5, 5.41) is 1.29. The highest BCUT2D eigenvalue weighted by molar-refractivity contribution is 9.10. The zero-order valence-corrected chi connectivity index (χ0v) is 14.1. The quantitative estimate of drug-likeness (QED) is 0.781. The van der Waals surface area contributed by atoms with Crippen molar-refractivity contribution in [3.05, 3.63) is 28.6 Å². The molecule has 0 saturated heterocycles. The first-order valence-electron chi connectivity index (χ1n) is 6.21. The number of thiocarbonyl (C=S) groups is 1. The third kappa shape index (κ3) is 2.66. The van der Waals surface area contributed by atoms with E-state index in [1.807, 2.05) is 19.2 Å². The number of aromatic amines is 1. The molecule has 8 heteroatoms. The number of hydrogen-bond donors (Lipinski definition) is 2. The maximum absolute atomic E-state index is 6.01. The molecule has 3 N–H and O–H groups in total. The smallest absolute Gasteiger partial charge is 0.148 e. The molecule has 0 radical (unpaired) electrons. The van der Waals surface area contributed by atoms with Gasteiger partial charge in [0.25, 0.3) is 0 Å². The van der Waals surface area contributed by atoms with Crippen molar-refractivity contribution in [1.29, 1.82) is 0 Å². The van der Waals surface area contributed by atoms with Gasteiger partial charge in [0.1, 0.15) is 17.2 Å². The monoisotopic (exact) mass is 383 g/mol. The maximum Gasteiger partial charge on any atom is 0.148 e. The highest BCUT2D eigenvalue weighted by atomic mass is 79.9. The van der Waals surface area contributed by atoms with Crippen LogP contribution in [0.2, 0.25) is 0 Å². The summed E-state index contributed by atoms with van der Waals surface area (Å²) in [6.07, 6.45) is 3.04. The number of fused-ring (bicyclic) bond motifs is 1. The molecule has 0 aliphatic carbocycles. The molecule has 0 spiro atoms. The highest BCUT2D eigenvalue weighted by Crippen LogP contribution is 2.27. The molecule has 0 amide bonds. The van der Waals surface area contributed by atoms with Crippen molar-refractivity contribution in [2.75, 3.05) is 0 Å². The number of rotatable bonds is 2. The maximum atomic E-state index is 6.01. The van der Waals surface area contributed by atoms with Crippen LogP contribution in [0, 0.1) is 0 Å². The SMILES string of the molecule is CC(C1=NC(N)C(=S)C(Cl)=N1)c1cc2c(Br)c[nH]c2cn1. The fraction of sp³-hybridized carbons (Fsp3) is 0.231. The van der Waals surface area contributed by atoms with Crippen molar-refractivity contribution in [3.8, 4) is 0 Å². The number of pyridine rings is 1. The average molecular weight is 385 g/mol. The number of aromatic nitrogens is 2. The Labute approximate surface area is 139 Å². The molecule has 2 aromatic rings. The van der Waals surface area contributed by atoms with Crippen LogP contribution in [0.5, 0.6) is 0 Å². The van der Waals surface area contributed by atoms with Crippen LogP contribution in [0.3, 0.4) is 0 Å². The van der Waals surface area contributed by atoms with Gasteiger partial charge in [0.2, 0.25) is 0 Å². The Bertz CT molecular complexity index is 797. The molecule has 3 heterocycles. The highest BCUT2D eigenvalue weighted by Gasteiger charge is 2.24. The normalized spacial score (nSPS) is 20.4. The molecule has 108 valence electrons. The van der Waals surface area contributed by atoms with Gasteiger partial charge >= 0.3 is 0 Å². The van der Waals surface area contributed by atoms with Crippen molar-refractivity contribution >= 4 is 66.5 Å². The molecule has 0 aromatic carbocycles. The largest absolute Gasteiger partial charge is 0.359 e. The lowest BCUT2D eigenvalue weighted by atomic mass is 10.0. The van der Waals surface area contributed by atoms with Gasteiger partial charge in [-0.15, -0.1) is 0 Å². The van der Waals surface area contributed by atoms with E-state index in [4.69, 9.17) is 29.6 Å². The van der Waals surface area contributed by atoms with E-state index in [9.17, 15) is 0 Å². The van der Waals surface area contributed by atoms with Gasteiger partial charge in [-0.05, 0) is 28.9 Å². The minimum absolute atomic E-state index is 0.126. The van der Waals surface area contributed by atoms with E-state index in [-0.39, 0.29) is 11.1 Å². The van der Waals surface area contributed by atoms with E-state index < -0.39 is 6.17 Å². The Morgan fingerprint density at radius 1 is 1.52 bits per heavy atom. The van der Waals surface area contributed by atoms with Crippen LogP contribution in [-0.4, -0.2) is 32.0 Å². The lowest BCUT2D eigenvalue weighted by molar-refractivity contribution is 0.878. The Kier molecular flexibility index (Phi) is 3.92. The molecule has 2 aromatic heterocycles. The Hall–Kier alpha value is -1.15. The van der Waals surface area contributed by atoms with E-state index in [1.165, 1.54) is 0 Å². The number of hydrogen-bond acceptors (Lipinski definition) is 5. The summed E-state index contributed by atoms with van der Waals surface area (Å²) in [5.74, 6) is 0.415. The standard InChI is InChI=1S/C13H11BrClN5S/c1-5(13-19-11(15)10(21)12(16)20-13)8-2-6-7(14)3-17-9(6)4-18-8/h2-5,12,17H,16H2,1H3. The van der Waals surface area contributed by atoms with Crippen LogP contribution in [0.4, 0.5) is 0 Å². The lowest BCUT2D eigenvalue weighted by Gasteiger charge is -2.18. The van der Waals surface area contributed by atoms with Gasteiger partial charge in [0.15, 0.2) is 0 Å². The number of aliphatic imine (C=N–C) groups is 2. The first-order chi connectivity index (χ1) is 9.97. The minimum Gasteiger partial charge on any atom is -0.359 e. The van der Waals surface area contributed by atoms with Crippen LogP contribution >= 0.6 is 39.7 Å². The number of amidine groups is 1. The van der Waals surface area contributed by atoms with Crippen molar-refractivity contribution < 1.29 is 0 Å². The summed E-state index contributed by atoms with van der Waals surface area (Å²) in [6, 6.07) is 1.99. The van der Waals surface area contributed by atoms with Gasteiger partial charge in [0.05, 0.1) is 28.2 Å². The van der Waals surface area contributed by atoms with Gasteiger partial charge in [-0.25, -0.2) is 9.98 Å². The van der Waals surface area contributed by atoms with Gasteiger partial charge in [0, 0.05) is 16.1 Å². The Morgan fingerprint density at radius 2 is 2.29 bits per heavy atom. The number of nitrogens with two attached hydrogens (primary N) is 1. The molecule has 1 aliphatic rings. The number of H-pyrrole nitrogens is 1. The fourth-order valence-corrected chi connectivity index (χ4v) is 2.83. The average Bonchev–Trinajstić information content (AvgIpc) is 2.84. The van der Waals surface area contributed by atoms with Crippen LogP contribution < -0.4 is 5.73 Å². The number of halogens is 2. The molecule has 21 heavy (non-hydrogen) atoms. The fourth-order valence-electron chi connectivity index (χ4n) is 2.09. The summed E-state index contributed by atoms with van der Waals surface area (Å²) in [5.41, 5.74) is 7.65. The summed E-state index contributed by atoms with van der Waals surface area (Å²) < 4.78 is 0.985. The molecule has 2 unspecified atom stereocenters. The van der Waals surface area contributed by atoms with Gasteiger partial charge in [-0.1, -0.05) is 23.8 Å². The molecular formula is C13H11BrClN5S. The van der Waals surface area contributed by atoms with E-state index in [0.29, 0.717) is 10.7 Å². The van der Waals surface area contributed by atoms with Crippen molar-refractivity contribution in [3.63, 3.8) is 0 Å². The molecule has 3 rings (SSSR count). The van der Waals surface area contributed by atoms with Crippen LogP contribution in [0.1, 0.15) is 18.5 Å². The zero-order valence-electron chi connectivity index (χ0n) is 11.0. The van der Waals surface area contributed by atoms with Gasteiger partial charge in [-0.2, -0.15) is 0 Å².